The number of hydrogen-bond acceptors (Lipinski definition) is 5. The first-order valence-corrected chi connectivity index (χ1v) is 6.93. The van der Waals surface area contributed by atoms with Crippen molar-refractivity contribution in [3.8, 4) is 5.75 Å². The van der Waals surface area contributed by atoms with E-state index >= 15 is 0 Å². The van der Waals surface area contributed by atoms with E-state index in [1.807, 2.05) is 0 Å². The predicted molar refractivity (Wildman–Crippen MR) is 78.5 cm³/mol. The normalized spacial score (nSPS) is 17.5. The fourth-order valence-electron chi connectivity index (χ4n) is 2.40. The SMILES string of the molecule is COc1ccc(NC(=O)CCC2CCNC2)c([N+](=O)[O-])c1. The lowest BCUT2D eigenvalue weighted by Gasteiger charge is -2.09. The number of nitro groups is 1. The third-order valence-corrected chi connectivity index (χ3v) is 3.62. The van der Waals surface area contributed by atoms with Crippen molar-refractivity contribution >= 4 is 17.3 Å². The second-order valence-corrected chi connectivity index (χ2v) is 5.09. The zero-order valence-corrected chi connectivity index (χ0v) is 11.9. The summed E-state index contributed by atoms with van der Waals surface area (Å²) >= 11 is 0. The lowest BCUT2D eigenvalue weighted by atomic mass is 10.0. The van der Waals surface area contributed by atoms with Crippen LogP contribution in [0.5, 0.6) is 5.75 Å². The van der Waals surface area contributed by atoms with E-state index in [4.69, 9.17) is 4.74 Å². The predicted octanol–water partition coefficient (Wildman–Crippen LogP) is 1.93. The highest BCUT2D eigenvalue weighted by molar-refractivity contribution is 5.93. The van der Waals surface area contributed by atoms with Crippen LogP contribution in [0.4, 0.5) is 11.4 Å². The second-order valence-electron chi connectivity index (χ2n) is 5.09. The van der Waals surface area contributed by atoms with Crippen molar-refractivity contribution in [1.29, 1.82) is 0 Å². The second kappa shape index (κ2) is 7.03. The highest BCUT2D eigenvalue weighted by atomic mass is 16.6. The molecule has 0 radical (unpaired) electrons. The van der Waals surface area contributed by atoms with Crippen molar-refractivity contribution in [1.82, 2.24) is 5.32 Å². The molecule has 0 aliphatic carbocycles. The minimum atomic E-state index is -0.529. The van der Waals surface area contributed by atoms with Crippen LogP contribution in [0.15, 0.2) is 18.2 Å². The summed E-state index contributed by atoms with van der Waals surface area (Å²) in [6, 6.07) is 4.38. The van der Waals surface area contributed by atoms with Crippen molar-refractivity contribution in [2.24, 2.45) is 5.92 Å². The number of amides is 1. The third-order valence-electron chi connectivity index (χ3n) is 3.62. The van der Waals surface area contributed by atoms with E-state index in [1.54, 1.807) is 6.07 Å². The summed E-state index contributed by atoms with van der Waals surface area (Å²) < 4.78 is 4.96. The van der Waals surface area contributed by atoms with Crippen molar-refractivity contribution in [2.75, 3.05) is 25.5 Å². The number of nitro benzene ring substituents is 1. The van der Waals surface area contributed by atoms with Crippen LogP contribution in [0.1, 0.15) is 19.3 Å². The maximum absolute atomic E-state index is 11.9. The summed E-state index contributed by atoms with van der Waals surface area (Å²) in [6.07, 6.45) is 2.24. The molecule has 1 saturated heterocycles. The minimum absolute atomic E-state index is 0.162. The largest absolute Gasteiger partial charge is 0.496 e. The molecule has 1 fully saturated rings. The van der Waals surface area contributed by atoms with E-state index in [0.29, 0.717) is 18.1 Å². The molecular weight excluding hydrogens is 274 g/mol. The number of carbonyl (C=O) groups is 1. The molecule has 1 aliphatic rings. The van der Waals surface area contributed by atoms with E-state index in [9.17, 15) is 14.9 Å². The van der Waals surface area contributed by atoms with Crippen molar-refractivity contribution < 1.29 is 14.5 Å². The molecule has 7 heteroatoms. The van der Waals surface area contributed by atoms with Crippen LogP contribution in [0, 0.1) is 16.0 Å². The van der Waals surface area contributed by atoms with Crippen LogP contribution in [-0.2, 0) is 4.79 Å². The summed E-state index contributed by atoms with van der Waals surface area (Å²) in [7, 11) is 1.44. The van der Waals surface area contributed by atoms with Crippen LogP contribution in [0.25, 0.3) is 0 Å². The van der Waals surface area contributed by atoms with Crippen LogP contribution in [-0.4, -0.2) is 31.0 Å². The molecule has 1 amide bonds. The lowest BCUT2D eigenvalue weighted by Crippen LogP contribution is -2.15. The first-order chi connectivity index (χ1) is 10.1. The van der Waals surface area contributed by atoms with Crippen LogP contribution in [0.3, 0.4) is 0 Å². The van der Waals surface area contributed by atoms with Gasteiger partial charge in [-0.2, -0.15) is 0 Å². The van der Waals surface area contributed by atoms with Crippen LogP contribution >= 0.6 is 0 Å². The molecule has 21 heavy (non-hydrogen) atoms. The van der Waals surface area contributed by atoms with Crippen LogP contribution < -0.4 is 15.4 Å². The molecule has 7 nitrogen and oxygen atoms in total. The molecule has 2 rings (SSSR count). The van der Waals surface area contributed by atoms with Gasteiger partial charge in [-0.3, -0.25) is 14.9 Å². The molecule has 1 aliphatic heterocycles. The summed E-state index contributed by atoms with van der Waals surface area (Å²) in [4.78, 5) is 22.4. The number of benzene rings is 1. The van der Waals surface area contributed by atoms with Gasteiger partial charge in [-0.05, 0) is 44.0 Å². The molecule has 2 N–H and O–H groups in total. The molecular formula is C14H19N3O4. The van der Waals surface area contributed by atoms with Crippen molar-refractivity contribution in [3.63, 3.8) is 0 Å². The van der Waals surface area contributed by atoms with Gasteiger partial charge >= 0.3 is 0 Å². The molecule has 1 aromatic carbocycles. The Morgan fingerprint density at radius 1 is 1.57 bits per heavy atom. The number of anilines is 1. The topological polar surface area (TPSA) is 93.5 Å². The first-order valence-electron chi connectivity index (χ1n) is 6.93. The third kappa shape index (κ3) is 4.16. The summed E-state index contributed by atoms with van der Waals surface area (Å²) in [6.45, 7) is 1.94. The highest BCUT2D eigenvalue weighted by Gasteiger charge is 2.19. The molecule has 1 aromatic rings. The van der Waals surface area contributed by atoms with Gasteiger partial charge in [0, 0.05) is 6.42 Å². The average molecular weight is 293 g/mol. The Bertz CT molecular complexity index is 527. The quantitative estimate of drug-likeness (QED) is 0.617. The molecule has 1 atom stereocenters. The maximum atomic E-state index is 11.9. The van der Waals surface area contributed by atoms with Crippen molar-refractivity contribution in [2.45, 2.75) is 19.3 Å². The number of carbonyl (C=O) groups excluding carboxylic acids is 1. The number of hydrogen-bond donors (Lipinski definition) is 2. The fraction of sp³-hybridized carbons (Fsp3) is 0.500. The Balaban J connectivity index is 1.97. The van der Waals surface area contributed by atoms with Gasteiger partial charge in [0.05, 0.1) is 18.1 Å². The highest BCUT2D eigenvalue weighted by Crippen LogP contribution is 2.29. The summed E-state index contributed by atoms with van der Waals surface area (Å²) in [5.74, 6) is 0.702. The Hall–Kier alpha value is -2.15. The van der Waals surface area contributed by atoms with Gasteiger partial charge < -0.3 is 15.4 Å². The smallest absolute Gasteiger partial charge is 0.296 e. The van der Waals surface area contributed by atoms with E-state index in [2.05, 4.69) is 10.6 Å². The van der Waals surface area contributed by atoms with E-state index in [-0.39, 0.29) is 17.3 Å². The number of rotatable bonds is 6. The van der Waals surface area contributed by atoms with E-state index in [0.717, 1.165) is 25.9 Å². The van der Waals surface area contributed by atoms with E-state index < -0.39 is 4.92 Å². The van der Waals surface area contributed by atoms with Gasteiger partial charge in [0.1, 0.15) is 11.4 Å². The summed E-state index contributed by atoms with van der Waals surface area (Å²) in [5, 5.41) is 16.9. The van der Waals surface area contributed by atoms with Gasteiger partial charge in [-0.15, -0.1) is 0 Å². The van der Waals surface area contributed by atoms with Gasteiger partial charge in [0.15, 0.2) is 0 Å². The lowest BCUT2D eigenvalue weighted by molar-refractivity contribution is -0.384. The Morgan fingerprint density at radius 3 is 3.00 bits per heavy atom. The average Bonchev–Trinajstić information content (AvgIpc) is 2.98. The first kappa shape index (κ1) is 15.2. The maximum Gasteiger partial charge on any atom is 0.296 e. The zero-order chi connectivity index (χ0) is 15.2. The van der Waals surface area contributed by atoms with Gasteiger partial charge in [-0.1, -0.05) is 0 Å². The van der Waals surface area contributed by atoms with Crippen molar-refractivity contribution in [3.05, 3.63) is 28.3 Å². The Morgan fingerprint density at radius 2 is 2.38 bits per heavy atom. The molecule has 0 aromatic heterocycles. The van der Waals surface area contributed by atoms with Gasteiger partial charge in [0.25, 0.3) is 5.69 Å². The monoisotopic (exact) mass is 293 g/mol. The zero-order valence-electron chi connectivity index (χ0n) is 11.9. The standard InChI is InChI=1S/C14H19N3O4/c1-21-11-3-4-12(13(8-11)17(19)20)16-14(18)5-2-10-6-7-15-9-10/h3-4,8,10,15H,2,5-7,9H2,1H3,(H,16,18). The summed E-state index contributed by atoms with van der Waals surface area (Å²) in [5.41, 5.74) is 0.0422. The van der Waals surface area contributed by atoms with Gasteiger partial charge in [-0.25, -0.2) is 0 Å². The number of nitrogens with one attached hydrogen (secondary N) is 2. The Kier molecular flexibility index (Phi) is 5.10. The number of nitrogens with zero attached hydrogens (tertiary/aromatic N) is 1. The van der Waals surface area contributed by atoms with Gasteiger partial charge in [0.2, 0.25) is 5.91 Å². The number of ether oxygens (including phenoxy) is 1. The van der Waals surface area contributed by atoms with Crippen LogP contribution in [0.2, 0.25) is 0 Å². The van der Waals surface area contributed by atoms with E-state index in [1.165, 1.54) is 19.2 Å². The molecule has 1 heterocycles. The molecule has 1 unspecified atom stereocenters. The molecule has 0 spiro atoms. The fourth-order valence-corrected chi connectivity index (χ4v) is 2.40. The minimum Gasteiger partial charge on any atom is -0.496 e. The molecule has 114 valence electrons. The Labute approximate surface area is 122 Å². The molecule has 0 saturated carbocycles. The molecule has 0 bridgehead atoms. The number of methoxy groups -OCH3 is 1.